The maximum atomic E-state index is 10.3. The summed E-state index contributed by atoms with van der Waals surface area (Å²) in [5, 5.41) is 17.0. The molecule has 0 saturated heterocycles. The zero-order valence-electron chi connectivity index (χ0n) is 27.2. The van der Waals surface area contributed by atoms with Crippen molar-refractivity contribution in [2.45, 2.75) is 194 Å². The minimum Gasteiger partial charge on any atom is -1.00 e. The van der Waals surface area contributed by atoms with E-state index in [1.807, 2.05) is 0 Å². The molecule has 2 N–H and O–H groups in total. The van der Waals surface area contributed by atoms with Gasteiger partial charge in [-0.1, -0.05) is 168 Å². The summed E-state index contributed by atoms with van der Waals surface area (Å²) in [5.41, 5.74) is 0. The van der Waals surface area contributed by atoms with E-state index < -0.39 is 11.9 Å². The van der Waals surface area contributed by atoms with Crippen LogP contribution in [0.4, 0.5) is 0 Å². The van der Waals surface area contributed by atoms with Gasteiger partial charge < -0.3 is 13.1 Å². The van der Waals surface area contributed by atoms with E-state index in [9.17, 15) is 9.59 Å². The maximum Gasteiger partial charge on any atom is 2.00 e. The van der Waals surface area contributed by atoms with Gasteiger partial charge in [-0.15, -0.1) is 0 Å². The molecule has 0 atom stereocenters. The number of hydrogen-bond acceptors (Lipinski definition) is 2. The van der Waals surface area contributed by atoms with Gasteiger partial charge in [-0.2, -0.15) is 0 Å². The summed E-state index contributed by atoms with van der Waals surface area (Å²) in [6.07, 6.45) is 34.6. The third-order valence-electron chi connectivity index (χ3n) is 6.99. The van der Waals surface area contributed by atoms with Gasteiger partial charge in [0.05, 0.1) is 0 Å². The molecule has 0 rings (SSSR count). The number of hydrogen-bond donors (Lipinski definition) is 2. The molecule has 4 nitrogen and oxygen atoms in total. The predicted molar refractivity (Wildman–Crippen MR) is 164 cm³/mol. The molecule has 0 spiro atoms. The van der Waals surface area contributed by atoms with Crippen molar-refractivity contribution < 1.29 is 22.7 Å². The topological polar surface area (TPSA) is 74.6 Å². The van der Waals surface area contributed by atoms with Gasteiger partial charge in [-0.25, -0.2) is 0 Å². The molecule has 5 heteroatoms. The number of carboxylic acids is 2. The Morgan fingerprint density at radius 1 is 0.378 bits per heavy atom. The first-order valence-corrected chi connectivity index (χ1v) is 16.0. The Bertz CT molecular complexity index is 454. The average molecular weight is 555 g/mol. The standard InChI is InChI=1S/C18H36O2.C14H28O2.Ca.2H/c1-2-3-4-5-6-7-8-9-10-11-12-13-14-15-16-17-18(19)20;1-2-3-4-5-6-7-8-9-10-11-12-13-14(15)16;;;/h2-17H2,1H3,(H,19,20);2-13H2,1H3,(H,15,16);;;/q;;+2;2*-1. The van der Waals surface area contributed by atoms with Gasteiger partial charge in [0.15, 0.2) is 0 Å². The molecule has 0 unspecified atom stereocenters. The molecule has 37 heavy (non-hydrogen) atoms. The maximum absolute atomic E-state index is 10.3. The van der Waals surface area contributed by atoms with E-state index in [1.165, 1.54) is 141 Å². The Morgan fingerprint density at radius 2 is 0.541 bits per heavy atom. The van der Waals surface area contributed by atoms with Crippen LogP contribution in [0.3, 0.4) is 0 Å². The van der Waals surface area contributed by atoms with Crippen LogP contribution in [-0.4, -0.2) is 59.9 Å². The van der Waals surface area contributed by atoms with Crippen molar-refractivity contribution in [1.82, 2.24) is 0 Å². The second kappa shape index (κ2) is 38.3. The minimum atomic E-state index is -0.657. The molecule has 0 heterocycles. The Labute approximate surface area is 264 Å². The summed E-state index contributed by atoms with van der Waals surface area (Å²) < 4.78 is 0. The summed E-state index contributed by atoms with van der Waals surface area (Å²) in [6.45, 7) is 4.52. The van der Waals surface area contributed by atoms with Crippen LogP contribution in [0.1, 0.15) is 196 Å². The Hall–Kier alpha value is 0.200. The van der Waals surface area contributed by atoms with Gasteiger partial charge in [-0.05, 0) is 12.8 Å². The van der Waals surface area contributed by atoms with Gasteiger partial charge in [-0.3, -0.25) is 9.59 Å². The van der Waals surface area contributed by atoms with Crippen molar-refractivity contribution in [3.63, 3.8) is 0 Å². The molecule has 0 aliphatic rings. The van der Waals surface area contributed by atoms with E-state index in [0.717, 1.165) is 25.7 Å². The molecule has 0 aromatic heterocycles. The number of carbonyl (C=O) groups is 2. The summed E-state index contributed by atoms with van der Waals surface area (Å²) in [6, 6.07) is 0. The van der Waals surface area contributed by atoms with Crippen molar-refractivity contribution in [3.8, 4) is 0 Å². The van der Waals surface area contributed by atoms with Crippen molar-refractivity contribution in [3.05, 3.63) is 0 Å². The quantitative estimate of drug-likeness (QED) is 0.0745. The largest absolute Gasteiger partial charge is 2.00 e. The van der Waals surface area contributed by atoms with Crippen LogP contribution in [0.15, 0.2) is 0 Å². The van der Waals surface area contributed by atoms with E-state index >= 15 is 0 Å². The first-order valence-electron chi connectivity index (χ1n) is 16.0. The minimum absolute atomic E-state index is 0. The summed E-state index contributed by atoms with van der Waals surface area (Å²) in [4.78, 5) is 20.6. The molecular formula is C32H66CaO4. The number of aliphatic carboxylic acids is 2. The molecule has 0 radical (unpaired) electrons. The van der Waals surface area contributed by atoms with Crippen molar-refractivity contribution >= 4 is 49.7 Å². The second-order valence-electron chi connectivity index (χ2n) is 10.8. The first-order chi connectivity index (χ1) is 17.5. The zero-order chi connectivity index (χ0) is 27.0. The van der Waals surface area contributed by atoms with Gasteiger partial charge >= 0.3 is 49.7 Å². The summed E-state index contributed by atoms with van der Waals surface area (Å²) >= 11 is 0. The molecule has 0 aromatic rings. The molecule has 220 valence electrons. The van der Waals surface area contributed by atoms with Crippen molar-refractivity contribution in [2.24, 2.45) is 0 Å². The van der Waals surface area contributed by atoms with Crippen LogP contribution in [0, 0.1) is 0 Å². The van der Waals surface area contributed by atoms with Crippen molar-refractivity contribution in [2.75, 3.05) is 0 Å². The van der Waals surface area contributed by atoms with Gasteiger partial charge in [0.25, 0.3) is 0 Å². The fourth-order valence-electron chi connectivity index (χ4n) is 4.59. The summed E-state index contributed by atoms with van der Waals surface area (Å²) in [5.74, 6) is -1.31. The predicted octanol–water partition coefficient (Wildman–Crippen LogP) is 10.9. The van der Waals surface area contributed by atoms with E-state index in [2.05, 4.69) is 13.8 Å². The van der Waals surface area contributed by atoms with Gasteiger partial charge in [0.2, 0.25) is 0 Å². The Morgan fingerprint density at radius 3 is 0.703 bits per heavy atom. The van der Waals surface area contributed by atoms with E-state index in [-0.39, 0.29) is 40.6 Å². The monoisotopic (exact) mass is 554 g/mol. The van der Waals surface area contributed by atoms with Crippen LogP contribution in [0.25, 0.3) is 0 Å². The van der Waals surface area contributed by atoms with Crippen LogP contribution in [0.5, 0.6) is 0 Å². The molecule has 0 saturated carbocycles. The fraction of sp³-hybridized carbons (Fsp3) is 0.938. The zero-order valence-corrected chi connectivity index (χ0v) is 27.4. The van der Waals surface area contributed by atoms with E-state index in [4.69, 9.17) is 10.2 Å². The smallest absolute Gasteiger partial charge is 1.00 e. The Kier molecular flexibility index (Phi) is 43.2. The van der Waals surface area contributed by atoms with Crippen molar-refractivity contribution in [1.29, 1.82) is 0 Å². The van der Waals surface area contributed by atoms with E-state index in [0.29, 0.717) is 12.8 Å². The van der Waals surface area contributed by atoms with Crippen LogP contribution in [-0.2, 0) is 9.59 Å². The van der Waals surface area contributed by atoms with Gasteiger partial charge in [0.1, 0.15) is 0 Å². The fourth-order valence-corrected chi connectivity index (χ4v) is 4.59. The molecule has 0 aliphatic carbocycles. The first kappa shape index (κ1) is 41.7. The third-order valence-corrected chi connectivity index (χ3v) is 6.99. The van der Waals surface area contributed by atoms with E-state index in [1.54, 1.807) is 0 Å². The SMILES string of the molecule is CCCCCCCCCCCCCC(=O)O.CCCCCCCCCCCCCCCCCC(=O)O.[Ca+2].[H-].[H-]. The number of rotatable bonds is 28. The molecule has 0 amide bonds. The average Bonchev–Trinajstić information content (AvgIpc) is 2.85. The normalized spacial score (nSPS) is 10.4. The number of carboxylic acid groups (broad SMARTS) is 2. The molecule has 0 bridgehead atoms. The van der Waals surface area contributed by atoms with Crippen LogP contribution in [0.2, 0.25) is 0 Å². The summed E-state index contributed by atoms with van der Waals surface area (Å²) in [7, 11) is 0. The Balaban J connectivity index is -0.000000187. The molecular weight excluding hydrogens is 488 g/mol. The van der Waals surface area contributed by atoms with Gasteiger partial charge in [0, 0.05) is 12.8 Å². The molecule has 0 aromatic carbocycles. The van der Waals surface area contributed by atoms with Crippen LogP contribution >= 0.6 is 0 Å². The van der Waals surface area contributed by atoms with Crippen LogP contribution < -0.4 is 0 Å². The number of unbranched alkanes of at least 4 members (excludes halogenated alkanes) is 24. The molecule has 0 aliphatic heterocycles. The second-order valence-corrected chi connectivity index (χ2v) is 10.8. The molecule has 0 fully saturated rings. The third kappa shape index (κ3) is 46.4.